The highest BCUT2D eigenvalue weighted by molar-refractivity contribution is 6.23. The van der Waals surface area contributed by atoms with Gasteiger partial charge in [0.2, 0.25) is 0 Å². The largest absolute Gasteiger partial charge is 0.0622 e. The van der Waals surface area contributed by atoms with Gasteiger partial charge in [-0.2, -0.15) is 0 Å². The molecule has 0 amide bonds. The number of fused-ring (bicyclic) bond motifs is 4. The summed E-state index contributed by atoms with van der Waals surface area (Å²) in [6.45, 7) is 0. The van der Waals surface area contributed by atoms with E-state index in [-0.39, 0.29) is 0 Å². The van der Waals surface area contributed by atoms with Crippen molar-refractivity contribution in [2.45, 2.75) is 0 Å². The first-order chi connectivity index (χ1) is 22.8. The fourth-order valence-corrected chi connectivity index (χ4v) is 7.16. The molecule has 0 radical (unpaired) electrons. The van der Waals surface area contributed by atoms with Crippen LogP contribution in [0.5, 0.6) is 0 Å². The minimum Gasteiger partial charge on any atom is -0.0622 e. The van der Waals surface area contributed by atoms with Crippen LogP contribution in [0.3, 0.4) is 0 Å². The Bertz CT molecular complexity index is 2380. The SMILES string of the molecule is c1ccc(-c2ccc3c(-c4ccc5ccccc5c4)c4cc(-c5ccccc5)ccc4c(-c4ccc5ccccc5c4)c3c2)cc1. The summed E-state index contributed by atoms with van der Waals surface area (Å²) in [4.78, 5) is 0. The predicted octanol–water partition coefficient (Wildman–Crippen LogP) is 13.0. The number of rotatable bonds is 4. The van der Waals surface area contributed by atoms with E-state index >= 15 is 0 Å². The fourth-order valence-electron chi connectivity index (χ4n) is 7.16. The normalized spacial score (nSPS) is 11.5. The molecule has 0 aliphatic heterocycles. The van der Waals surface area contributed by atoms with Gasteiger partial charge in [0.15, 0.2) is 0 Å². The van der Waals surface area contributed by atoms with Crippen molar-refractivity contribution in [3.63, 3.8) is 0 Å². The molecule has 0 unspecified atom stereocenters. The monoisotopic (exact) mass is 582 g/mol. The van der Waals surface area contributed by atoms with Gasteiger partial charge in [0, 0.05) is 0 Å². The molecule has 0 heteroatoms. The zero-order chi connectivity index (χ0) is 30.5. The van der Waals surface area contributed by atoms with Gasteiger partial charge in [-0.15, -0.1) is 0 Å². The average molecular weight is 583 g/mol. The molecule has 0 saturated heterocycles. The Kier molecular flexibility index (Phi) is 6.25. The van der Waals surface area contributed by atoms with E-state index in [1.165, 1.54) is 87.6 Å². The van der Waals surface area contributed by atoms with Crippen molar-refractivity contribution >= 4 is 43.1 Å². The van der Waals surface area contributed by atoms with Crippen LogP contribution in [0.25, 0.3) is 87.6 Å². The maximum Gasteiger partial charge on any atom is -0.00259 e. The number of benzene rings is 9. The highest BCUT2D eigenvalue weighted by Gasteiger charge is 2.19. The average Bonchev–Trinajstić information content (AvgIpc) is 3.13. The second-order valence-electron chi connectivity index (χ2n) is 12.1. The van der Waals surface area contributed by atoms with Gasteiger partial charge in [-0.25, -0.2) is 0 Å². The van der Waals surface area contributed by atoms with Crippen LogP contribution in [0, 0.1) is 0 Å². The van der Waals surface area contributed by atoms with Crippen molar-refractivity contribution in [2.24, 2.45) is 0 Å². The van der Waals surface area contributed by atoms with Gasteiger partial charge < -0.3 is 0 Å². The molecule has 0 aliphatic rings. The molecule has 46 heavy (non-hydrogen) atoms. The molecule has 0 atom stereocenters. The third-order valence-electron chi connectivity index (χ3n) is 9.41. The molecule has 9 rings (SSSR count). The smallest absolute Gasteiger partial charge is 0.00259 e. The van der Waals surface area contributed by atoms with Crippen LogP contribution in [-0.2, 0) is 0 Å². The Morgan fingerprint density at radius 3 is 1.00 bits per heavy atom. The van der Waals surface area contributed by atoms with Gasteiger partial charge in [0.1, 0.15) is 0 Å². The minimum absolute atomic E-state index is 1.22. The molecule has 0 saturated carbocycles. The molecular formula is C46H30. The number of hydrogen-bond acceptors (Lipinski definition) is 0. The van der Waals surface area contributed by atoms with Gasteiger partial charge in [-0.05, 0) is 112 Å². The van der Waals surface area contributed by atoms with Crippen LogP contribution in [0.4, 0.5) is 0 Å². The van der Waals surface area contributed by atoms with Crippen LogP contribution >= 0.6 is 0 Å². The Labute approximate surface area is 268 Å². The molecule has 9 aromatic carbocycles. The molecule has 0 nitrogen and oxygen atoms in total. The van der Waals surface area contributed by atoms with Crippen LogP contribution in [-0.4, -0.2) is 0 Å². The second-order valence-corrected chi connectivity index (χ2v) is 12.1. The van der Waals surface area contributed by atoms with Crippen LogP contribution in [0.1, 0.15) is 0 Å². The van der Waals surface area contributed by atoms with Gasteiger partial charge >= 0.3 is 0 Å². The lowest BCUT2D eigenvalue weighted by Crippen LogP contribution is -1.93. The highest BCUT2D eigenvalue weighted by Crippen LogP contribution is 2.46. The third-order valence-corrected chi connectivity index (χ3v) is 9.41. The van der Waals surface area contributed by atoms with Crippen LogP contribution in [0.2, 0.25) is 0 Å². The van der Waals surface area contributed by atoms with Crippen molar-refractivity contribution in [1.82, 2.24) is 0 Å². The van der Waals surface area contributed by atoms with Crippen molar-refractivity contribution < 1.29 is 0 Å². The standard InChI is InChI=1S/C46H30/c1-3-11-31(12-4-1)37-23-25-41-43(29-37)45(39-21-19-33-15-7-9-17-35(33)27-39)42-26-24-38(32-13-5-2-6-14-32)30-44(42)46(41)40-22-20-34-16-8-10-18-36(34)28-40/h1-30H. The summed E-state index contributed by atoms with van der Waals surface area (Å²) >= 11 is 0. The Morgan fingerprint density at radius 2 is 0.565 bits per heavy atom. The first-order valence-electron chi connectivity index (χ1n) is 15.9. The summed E-state index contributed by atoms with van der Waals surface area (Å²) in [5.74, 6) is 0. The first kappa shape index (κ1) is 26.4. The topological polar surface area (TPSA) is 0 Å². The van der Waals surface area contributed by atoms with E-state index in [4.69, 9.17) is 0 Å². The van der Waals surface area contributed by atoms with E-state index in [2.05, 4.69) is 182 Å². The van der Waals surface area contributed by atoms with E-state index in [0.717, 1.165) is 0 Å². The van der Waals surface area contributed by atoms with Gasteiger partial charge in [0.05, 0.1) is 0 Å². The lowest BCUT2D eigenvalue weighted by atomic mass is 9.83. The van der Waals surface area contributed by atoms with Gasteiger partial charge in [0.25, 0.3) is 0 Å². The summed E-state index contributed by atoms with van der Waals surface area (Å²) in [6.07, 6.45) is 0. The van der Waals surface area contributed by atoms with Crippen LogP contribution in [0.15, 0.2) is 182 Å². The molecule has 0 N–H and O–H groups in total. The van der Waals surface area contributed by atoms with Crippen LogP contribution < -0.4 is 0 Å². The fraction of sp³-hybridized carbons (Fsp3) is 0. The Morgan fingerprint density at radius 1 is 0.196 bits per heavy atom. The van der Waals surface area contributed by atoms with Gasteiger partial charge in [-0.1, -0.05) is 158 Å². The lowest BCUT2D eigenvalue weighted by Gasteiger charge is -2.20. The Hall–Kier alpha value is -5.98. The molecule has 9 aromatic rings. The summed E-state index contributed by atoms with van der Waals surface area (Å²) in [5, 5.41) is 10.1. The molecule has 0 fully saturated rings. The second kappa shape index (κ2) is 10.9. The van der Waals surface area contributed by atoms with Crippen molar-refractivity contribution in [2.75, 3.05) is 0 Å². The summed E-state index contributed by atoms with van der Waals surface area (Å²) in [7, 11) is 0. The third kappa shape index (κ3) is 4.47. The minimum atomic E-state index is 1.22. The van der Waals surface area contributed by atoms with E-state index in [9.17, 15) is 0 Å². The maximum absolute atomic E-state index is 2.41. The molecule has 214 valence electrons. The highest BCUT2D eigenvalue weighted by atomic mass is 14.2. The maximum atomic E-state index is 2.41. The zero-order valence-electron chi connectivity index (χ0n) is 25.3. The molecule has 0 bridgehead atoms. The molecule has 0 heterocycles. The van der Waals surface area contributed by atoms with Gasteiger partial charge in [-0.3, -0.25) is 0 Å². The van der Waals surface area contributed by atoms with Crippen molar-refractivity contribution in [1.29, 1.82) is 0 Å². The van der Waals surface area contributed by atoms with Crippen molar-refractivity contribution in [3.05, 3.63) is 182 Å². The Balaban J connectivity index is 1.44. The molecule has 0 aliphatic carbocycles. The quantitative estimate of drug-likeness (QED) is 0.181. The van der Waals surface area contributed by atoms with Crippen molar-refractivity contribution in [3.8, 4) is 44.5 Å². The van der Waals surface area contributed by atoms with E-state index in [1.807, 2.05) is 0 Å². The number of hydrogen-bond donors (Lipinski definition) is 0. The first-order valence-corrected chi connectivity index (χ1v) is 15.9. The molecular weight excluding hydrogens is 553 g/mol. The predicted molar refractivity (Wildman–Crippen MR) is 198 cm³/mol. The molecule has 0 spiro atoms. The molecule has 0 aromatic heterocycles. The summed E-state index contributed by atoms with van der Waals surface area (Å²) < 4.78 is 0. The zero-order valence-corrected chi connectivity index (χ0v) is 25.3. The summed E-state index contributed by atoms with van der Waals surface area (Å²) in [6, 6.07) is 66.7. The summed E-state index contributed by atoms with van der Waals surface area (Å²) in [5.41, 5.74) is 9.91. The van der Waals surface area contributed by atoms with E-state index in [1.54, 1.807) is 0 Å². The van der Waals surface area contributed by atoms with E-state index in [0.29, 0.717) is 0 Å². The van der Waals surface area contributed by atoms with E-state index < -0.39 is 0 Å². The lowest BCUT2D eigenvalue weighted by molar-refractivity contribution is 1.63.